The zero-order valence-electron chi connectivity index (χ0n) is 8.79. The molecule has 2 aromatic rings. The number of aliphatic hydroxyl groups is 1. The minimum absolute atomic E-state index is 0.0375. The highest BCUT2D eigenvalue weighted by molar-refractivity contribution is 5.84. The van der Waals surface area contributed by atoms with Crippen molar-refractivity contribution in [3.05, 3.63) is 47.7 Å². The summed E-state index contributed by atoms with van der Waals surface area (Å²) in [6, 6.07) is 9.49. The van der Waals surface area contributed by atoms with Gasteiger partial charge in [-0.1, -0.05) is 12.1 Å². The van der Waals surface area contributed by atoms with E-state index in [-0.39, 0.29) is 18.3 Å². The molecule has 0 aliphatic heterocycles. The molecule has 0 atom stereocenters. The molecule has 0 fully saturated rings. The molecule has 88 valence electrons. The van der Waals surface area contributed by atoms with Gasteiger partial charge < -0.3 is 19.4 Å². The summed E-state index contributed by atoms with van der Waals surface area (Å²) >= 11 is 0. The molecule has 5 nitrogen and oxygen atoms in total. The Morgan fingerprint density at radius 1 is 1.18 bits per heavy atom. The van der Waals surface area contributed by atoms with E-state index in [2.05, 4.69) is 0 Å². The van der Waals surface area contributed by atoms with Gasteiger partial charge in [-0.3, -0.25) is 0 Å². The Bertz CT molecular complexity index is 512. The van der Waals surface area contributed by atoms with Crippen LogP contribution in [0.5, 0.6) is 11.7 Å². The normalized spacial score (nSPS) is 10.2. The van der Waals surface area contributed by atoms with Crippen LogP contribution >= 0.6 is 0 Å². The van der Waals surface area contributed by atoms with E-state index in [1.807, 2.05) is 0 Å². The SMILES string of the molecule is O=C(O)c1ccc(Oc2ccc(CO)cc2)o1. The monoisotopic (exact) mass is 234 g/mol. The molecule has 1 heterocycles. The molecule has 2 rings (SSSR count). The predicted molar refractivity (Wildman–Crippen MR) is 58.1 cm³/mol. The number of hydrogen-bond donors (Lipinski definition) is 2. The van der Waals surface area contributed by atoms with Crippen molar-refractivity contribution < 1.29 is 24.2 Å². The van der Waals surface area contributed by atoms with Crippen LogP contribution in [0.15, 0.2) is 40.8 Å². The van der Waals surface area contributed by atoms with Gasteiger partial charge in [0.05, 0.1) is 6.61 Å². The van der Waals surface area contributed by atoms with E-state index in [1.54, 1.807) is 24.3 Å². The third kappa shape index (κ3) is 2.64. The Morgan fingerprint density at radius 2 is 1.88 bits per heavy atom. The van der Waals surface area contributed by atoms with Gasteiger partial charge in [0.25, 0.3) is 5.95 Å². The molecule has 17 heavy (non-hydrogen) atoms. The van der Waals surface area contributed by atoms with Crippen LogP contribution in [0, 0.1) is 0 Å². The van der Waals surface area contributed by atoms with Gasteiger partial charge in [0, 0.05) is 6.07 Å². The molecule has 0 saturated carbocycles. The number of carboxylic acid groups (broad SMARTS) is 1. The zero-order valence-corrected chi connectivity index (χ0v) is 8.79. The number of carboxylic acids is 1. The first-order chi connectivity index (χ1) is 8.19. The molecule has 0 bridgehead atoms. The second-order valence-corrected chi connectivity index (χ2v) is 3.33. The van der Waals surface area contributed by atoms with E-state index >= 15 is 0 Å². The summed E-state index contributed by atoms with van der Waals surface area (Å²) in [4.78, 5) is 10.6. The number of ether oxygens (including phenoxy) is 1. The Hall–Kier alpha value is -2.27. The summed E-state index contributed by atoms with van der Waals surface area (Å²) in [6.45, 7) is -0.0375. The minimum Gasteiger partial charge on any atom is -0.475 e. The second-order valence-electron chi connectivity index (χ2n) is 3.33. The van der Waals surface area contributed by atoms with Crippen molar-refractivity contribution in [3.63, 3.8) is 0 Å². The minimum atomic E-state index is -1.14. The van der Waals surface area contributed by atoms with Gasteiger partial charge in [-0.15, -0.1) is 0 Å². The molecule has 0 aliphatic carbocycles. The van der Waals surface area contributed by atoms with Crippen molar-refractivity contribution in [2.45, 2.75) is 6.61 Å². The maximum absolute atomic E-state index is 10.6. The molecule has 0 unspecified atom stereocenters. The van der Waals surface area contributed by atoms with Crippen LogP contribution < -0.4 is 4.74 Å². The standard InChI is InChI=1S/C12H10O5/c13-7-8-1-3-9(4-2-8)16-11-6-5-10(17-11)12(14)15/h1-6,13H,7H2,(H,14,15). The van der Waals surface area contributed by atoms with Crippen LogP contribution in [-0.4, -0.2) is 16.2 Å². The molecule has 0 spiro atoms. The fourth-order valence-electron chi connectivity index (χ4n) is 1.27. The first-order valence-corrected chi connectivity index (χ1v) is 4.90. The molecule has 2 N–H and O–H groups in total. The highest BCUT2D eigenvalue weighted by Gasteiger charge is 2.10. The number of aromatic carboxylic acids is 1. The fourth-order valence-corrected chi connectivity index (χ4v) is 1.27. The molecular formula is C12H10O5. The lowest BCUT2D eigenvalue weighted by Crippen LogP contribution is -1.91. The average molecular weight is 234 g/mol. The Morgan fingerprint density at radius 3 is 2.41 bits per heavy atom. The lowest BCUT2D eigenvalue weighted by Gasteiger charge is -2.02. The number of hydrogen-bond acceptors (Lipinski definition) is 4. The summed E-state index contributed by atoms with van der Waals surface area (Å²) in [7, 11) is 0. The Balaban J connectivity index is 2.11. The summed E-state index contributed by atoms with van der Waals surface area (Å²) in [6.07, 6.45) is 0. The molecule has 0 saturated heterocycles. The lowest BCUT2D eigenvalue weighted by molar-refractivity contribution is 0.0657. The van der Waals surface area contributed by atoms with Crippen molar-refractivity contribution >= 4 is 5.97 Å². The molecule has 0 aliphatic rings. The van der Waals surface area contributed by atoms with Crippen molar-refractivity contribution in [2.75, 3.05) is 0 Å². The van der Waals surface area contributed by atoms with Crippen LogP contribution in [-0.2, 0) is 6.61 Å². The summed E-state index contributed by atoms with van der Waals surface area (Å²) < 4.78 is 10.2. The average Bonchev–Trinajstić information content (AvgIpc) is 2.79. The predicted octanol–water partition coefficient (Wildman–Crippen LogP) is 2.26. The lowest BCUT2D eigenvalue weighted by atomic mass is 10.2. The van der Waals surface area contributed by atoms with Gasteiger partial charge in [-0.05, 0) is 23.8 Å². The van der Waals surface area contributed by atoms with Crippen LogP contribution in [0.25, 0.3) is 0 Å². The van der Waals surface area contributed by atoms with Gasteiger partial charge in [-0.25, -0.2) is 4.79 Å². The van der Waals surface area contributed by atoms with Gasteiger partial charge in [0.15, 0.2) is 0 Å². The first-order valence-electron chi connectivity index (χ1n) is 4.90. The van der Waals surface area contributed by atoms with E-state index in [9.17, 15) is 4.79 Å². The van der Waals surface area contributed by atoms with Crippen LogP contribution in [0.4, 0.5) is 0 Å². The van der Waals surface area contributed by atoms with Crippen molar-refractivity contribution in [2.24, 2.45) is 0 Å². The van der Waals surface area contributed by atoms with Crippen LogP contribution in [0.1, 0.15) is 16.1 Å². The number of rotatable bonds is 4. The number of furan rings is 1. The first kappa shape index (κ1) is 11.2. The topological polar surface area (TPSA) is 79.9 Å². The maximum atomic E-state index is 10.6. The van der Waals surface area contributed by atoms with E-state index in [0.717, 1.165) is 5.56 Å². The summed E-state index contributed by atoms with van der Waals surface area (Å²) in [5.41, 5.74) is 0.767. The third-order valence-corrected chi connectivity index (χ3v) is 2.12. The molecular weight excluding hydrogens is 224 g/mol. The maximum Gasteiger partial charge on any atom is 0.371 e. The number of carbonyl (C=O) groups is 1. The highest BCUT2D eigenvalue weighted by atomic mass is 16.6. The van der Waals surface area contributed by atoms with Gasteiger partial charge >= 0.3 is 5.97 Å². The fraction of sp³-hybridized carbons (Fsp3) is 0.0833. The number of aliphatic hydroxyl groups excluding tert-OH is 1. The highest BCUT2D eigenvalue weighted by Crippen LogP contribution is 2.23. The van der Waals surface area contributed by atoms with Crippen molar-refractivity contribution in [1.82, 2.24) is 0 Å². The van der Waals surface area contributed by atoms with Gasteiger partial charge in [-0.2, -0.15) is 0 Å². The van der Waals surface area contributed by atoms with Gasteiger partial charge in [0.1, 0.15) is 5.75 Å². The van der Waals surface area contributed by atoms with Gasteiger partial charge in [0.2, 0.25) is 5.76 Å². The molecule has 0 amide bonds. The molecule has 1 aromatic carbocycles. The zero-order chi connectivity index (χ0) is 12.3. The quantitative estimate of drug-likeness (QED) is 0.848. The number of benzene rings is 1. The summed E-state index contributed by atoms with van der Waals surface area (Å²) in [5, 5.41) is 17.5. The van der Waals surface area contributed by atoms with E-state index in [1.165, 1.54) is 12.1 Å². The van der Waals surface area contributed by atoms with Crippen molar-refractivity contribution in [3.8, 4) is 11.7 Å². The Labute approximate surface area is 96.9 Å². The van der Waals surface area contributed by atoms with E-state index in [4.69, 9.17) is 19.4 Å². The summed E-state index contributed by atoms with van der Waals surface area (Å²) in [5.74, 6) is -0.699. The van der Waals surface area contributed by atoms with Crippen LogP contribution in [0.3, 0.4) is 0 Å². The van der Waals surface area contributed by atoms with Crippen molar-refractivity contribution in [1.29, 1.82) is 0 Å². The largest absolute Gasteiger partial charge is 0.475 e. The molecule has 1 aromatic heterocycles. The second kappa shape index (κ2) is 4.71. The Kier molecular flexibility index (Phi) is 3.11. The molecule has 0 radical (unpaired) electrons. The molecule has 5 heteroatoms. The van der Waals surface area contributed by atoms with Crippen LogP contribution in [0.2, 0.25) is 0 Å². The van der Waals surface area contributed by atoms with E-state index < -0.39 is 5.97 Å². The third-order valence-electron chi connectivity index (χ3n) is 2.12. The van der Waals surface area contributed by atoms with E-state index in [0.29, 0.717) is 5.75 Å². The smallest absolute Gasteiger partial charge is 0.371 e.